The molecule has 114 valence electrons. The number of rotatable bonds is 4. The van der Waals surface area contributed by atoms with Gasteiger partial charge in [-0.05, 0) is 31.0 Å². The van der Waals surface area contributed by atoms with Gasteiger partial charge in [-0.15, -0.1) is 5.10 Å². The van der Waals surface area contributed by atoms with Crippen molar-refractivity contribution in [1.82, 2.24) is 15.2 Å². The normalized spacial score (nSPS) is 14.0. The number of carbonyl (C=O) groups is 1. The standard InChI is InChI=1S/C15H17N5O2/c1-22-14(21)11-5-4-6-12(9-11)17-13-10-16-19-15(18-13)20-7-2-3-8-20/h4-6,9-10H,2-3,7-8H2,1H3,(H,17,18,19). The molecule has 0 radical (unpaired) electrons. The highest BCUT2D eigenvalue weighted by molar-refractivity contribution is 5.90. The first-order valence-corrected chi connectivity index (χ1v) is 7.16. The van der Waals surface area contributed by atoms with Crippen molar-refractivity contribution >= 4 is 23.4 Å². The van der Waals surface area contributed by atoms with Crippen LogP contribution in [0.2, 0.25) is 0 Å². The molecular weight excluding hydrogens is 282 g/mol. The highest BCUT2D eigenvalue weighted by Gasteiger charge is 2.15. The lowest BCUT2D eigenvalue weighted by atomic mass is 10.2. The molecule has 0 atom stereocenters. The number of nitrogens with one attached hydrogen (secondary N) is 1. The minimum absolute atomic E-state index is 0.373. The summed E-state index contributed by atoms with van der Waals surface area (Å²) in [6.45, 7) is 1.92. The number of hydrogen-bond acceptors (Lipinski definition) is 7. The predicted octanol–water partition coefficient (Wildman–Crippen LogP) is 2.00. The fraction of sp³-hybridized carbons (Fsp3) is 0.333. The summed E-state index contributed by atoms with van der Waals surface area (Å²) in [4.78, 5) is 18.1. The number of esters is 1. The van der Waals surface area contributed by atoms with Crippen LogP contribution in [0.25, 0.3) is 0 Å². The van der Waals surface area contributed by atoms with Gasteiger partial charge in [-0.2, -0.15) is 10.1 Å². The van der Waals surface area contributed by atoms with Crippen molar-refractivity contribution in [3.05, 3.63) is 36.0 Å². The maximum atomic E-state index is 11.6. The van der Waals surface area contributed by atoms with Gasteiger partial charge in [0.05, 0.1) is 18.9 Å². The summed E-state index contributed by atoms with van der Waals surface area (Å²) in [5, 5.41) is 11.2. The van der Waals surface area contributed by atoms with E-state index in [0.29, 0.717) is 17.3 Å². The summed E-state index contributed by atoms with van der Waals surface area (Å²) in [5.74, 6) is 0.854. The number of ether oxygens (including phenoxy) is 1. The van der Waals surface area contributed by atoms with E-state index in [0.717, 1.165) is 31.6 Å². The number of carbonyl (C=O) groups excluding carboxylic acids is 1. The van der Waals surface area contributed by atoms with Crippen LogP contribution in [0.3, 0.4) is 0 Å². The summed E-state index contributed by atoms with van der Waals surface area (Å²) in [6, 6.07) is 7.04. The Morgan fingerprint density at radius 2 is 2.14 bits per heavy atom. The molecule has 1 aromatic carbocycles. The molecule has 1 aromatic heterocycles. The first kappa shape index (κ1) is 14.2. The molecule has 22 heavy (non-hydrogen) atoms. The van der Waals surface area contributed by atoms with Crippen molar-refractivity contribution in [2.75, 3.05) is 30.4 Å². The number of methoxy groups -OCH3 is 1. The summed E-state index contributed by atoms with van der Waals surface area (Å²) in [5.41, 5.74) is 1.23. The molecule has 1 N–H and O–H groups in total. The van der Waals surface area contributed by atoms with Crippen molar-refractivity contribution in [2.45, 2.75) is 12.8 Å². The molecule has 1 aliphatic heterocycles. The molecule has 1 saturated heterocycles. The van der Waals surface area contributed by atoms with E-state index < -0.39 is 0 Å². The zero-order chi connectivity index (χ0) is 15.4. The Morgan fingerprint density at radius 3 is 2.91 bits per heavy atom. The maximum Gasteiger partial charge on any atom is 0.337 e. The SMILES string of the molecule is COC(=O)c1cccc(Nc2cnnc(N3CCCC3)n2)c1. The van der Waals surface area contributed by atoms with Crippen LogP contribution in [0.4, 0.5) is 17.5 Å². The van der Waals surface area contributed by atoms with Crippen LogP contribution in [0.5, 0.6) is 0 Å². The third-order valence-electron chi connectivity index (χ3n) is 3.49. The average Bonchev–Trinajstić information content (AvgIpc) is 3.09. The third kappa shape index (κ3) is 3.13. The quantitative estimate of drug-likeness (QED) is 0.865. The molecule has 7 heteroatoms. The molecule has 0 aliphatic carbocycles. The van der Waals surface area contributed by atoms with E-state index in [1.54, 1.807) is 24.4 Å². The molecule has 0 spiro atoms. The largest absolute Gasteiger partial charge is 0.465 e. The average molecular weight is 299 g/mol. The summed E-state index contributed by atoms with van der Waals surface area (Å²) < 4.78 is 4.72. The van der Waals surface area contributed by atoms with E-state index >= 15 is 0 Å². The van der Waals surface area contributed by atoms with Gasteiger partial charge in [0.1, 0.15) is 0 Å². The van der Waals surface area contributed by atoms with Gasteiger partial charge in [0, 0.05) is 18.8 Å². The predicted molar refractivity (Wildman–Crippen MR) is 82.3 cm³/mol. The Balaban J connectivity index is 1.78. The van der Waals surface area contributed by atoms with Crippen LogP contribution < -0.4 is 10.2 Å². The lowest BCUT2D eigenvalue weighted by Gasteiger charge is -2.15. The van der Waals surface area contributed by atoms with Crippen LogP contribution in [-0.4, -0.2) is 41.3 Å². The first-order chi connectivity index (χ1) is 10.8. The summed E-state index contributed by atoms with van der Waals surface area (Å²) in [7, 11) is 1.36. The number of benzene rings is 1. The van der Waals surface area contributed by atoms with Crippen molar-refractivity contribution in [3.63, 3.8) is 0 Å². The molecule has 1 fully saturated rings. The molecule has 0 saturated carbocycles. The van der Waals surface area contributed by atoms with Crippen molar-refractivity contribution in [1.29, 1.82) is 0 Å². The highest BCUT2D eigenvalue weighted by atomic mass is 16.5. The lowest BCUT2D eigenvalue weighted by molar-refractivity contribution is 0.0601. The number of anilines is 3. The van der Waals surface area contributed by atoms with Crippen LogP contribution in [-0.2, 0) is 4.74 Å². The molecule has 2 aromatic rings. The van der Waals surface area contributed by atoms with Gasteiger partial charge in [-0.25, -0.2) is 4.79 Å². The highest BCUT2D eigenvalue weighted by Crippen LogP contribution is 2.19. The van der Waals surface area contributed by atoms with Crippen molar-refractivity contribution < 1.29 is 9.53 Å². The zero-order valence-electron chi connectivity index (χ0n) is 12.3. The van der Waals surface area contributed by atoms with Gasteiger partial charge in [0.15, 0.2) is 5.82 Å². The maximum absolute atomic E-state index is 11.6. The second kappa shape index (κ2) is 6.38. The van der Waals surface area contributed by atoms with Gasteiger partial charge in [0.2, 0.25) is 5.95 Å². The lowest BCUT2D eigenvalue weighted by Crippen LogP contribution is -2.21. The molecule has 0 amide bonds. The summed E-state index contributed by atoms with van der Waals surface area (Å²) in [6.07, 6.45) is 3.87. The minimum atomic E-state index is -0.373. The Labute approximate surface area is 128 Å². The van der Waals surface area contributed by atoms with Gasteiger partial charge < -0.3 is 15.0 Å². The van der Waals surface area contributed by atoms with Crippen LogP contribution in [0.1, 0.15) is 23.2 Å². The number of aromatic nitrogens is 3. The molecule has 1 aliphatic rings. The van der Waals surface area contributed by atoms with E-state index in [-0.39, 0.29) is 5.97 Å². The third-order valence-corrected chi connectivity index (χ3v) is 3.49. The topological polar surface area (TPSA) is 80.2 Å². The van der Waals surface area contributed by atoms with E-state index in [9.17, 15) is 4.79 Å². The van der Waals surface area contributed by atoms with Gasteiger partial charge in [-0.1, -0.05) is 6.07 Å². The summed E-state index contributed by atoms with van der Waals surface area (Å²) >= 11 is 0. The Kier molecular flexibility index (Phi) is 4.13. The molecule has 2 heterocycles. The Bertz CT molecular complexity index is 670. The zero-order valence-corrected chi connectivity index (χ0v) is 12.3. The van der Waals surface area contributed by atoms with Crippen LogP contribution in [0.15, 0.2) is 30.5 Å². The number of hydrogen-bond donors (Lipinski definition) is 1. The van der Waals surface area contributed by atoms with Crippen molar-refractivity contribution in [3.8, 4) is 0 Å². The monoisotopic (exact) mass is 299 g/mol. The molecule has 0 unspecified atom stereocenters. The minimum Gasteiger partial charge on any atom is -0.465 e. The van der Waals surface area contributed by atoms with E-state index in [2.05, 4.69) is 25.4 Å². The van der Waals surface area contributed by atoms with E-state index in [1.165, 1.54) is 7.11 Å². The Hall–Kier alpha value is -2.70. The molecule has 7 nitrogen and oxygen atoms in total. The van der Waals surface area contributed by atoms with E-state index in [4.69, 9.17) is 4.74 Å². The van der Waals surface area contributed by atoms with Crippen molar-refractivity contribution in [2.24, 2.45) is 0 Å². The molecule has 0 bridgehead atoms. The van der Waals surface area contributed by atoms with Crippen LogP contribution in [0, 0.1) is 0 Å². The Morgan fingerprint density at radius 1 is 1.32 bits per heavy atom. The number of nitrogens with zero attached hydrogens (tertiary/aromatic N) is 4. The van der Waals surface area contributed by atoms with Crippen LogP contribution >= 0.6 is 0 Å². The van der Waals surface area contributed by atoms with E-state index in [1.807, 2.05) is 6.07 Å². The second-order valence-electron chi connectivity index (χ2n) is 5.03. The molecule has 3 rings (SSSR count). The fourth-order valence-corrected chi connectivity index (χ4v) is 2.40. The van der Waals surface area contributed by atoms with Gasteiger partial charge >= 0.3 is 5.97 Å². The van der Waals surface area contributed by atoms with Gasteiger partial charge in [0.25, 0.3) is 0 Å². The molecular formula is C15H17N5O2. The fourth-order valence-electron chi connectivity index (χ4n) is 2.40. The smallest absolute Gasteiger partial charge is 0.337 e. The first-order valence-electron chi connectivity index (χ1n) is 7.16. The second-order valence-corrected chi connectivity index (χ2v) is 5.03. The van der Waals surface area contributed by atoms with Gasteiger partial charge in [-0.3, -0.25) is 0 Å².